The summed E-state index contributed by atoms with van der Waals surface area (Å²) in [6.45, 7) is 1.76. The summed E-state index contributed by atoms with van der Waals surface area (Å²) in [5.41, 5.74) is 0. The molecule has 0 aliphatic carbocycles. The second-order valence-electron chi connectivity index (χ2n) is 4.97. The zero-order valence-electron chi connectivity index (χ0n) is 11.0. The molecule has 1 N–H and O–H groups in total. The number of likely N-dealkylation sites (tertiary alicyclic amines) is 1. The van der Waals surface area contributed by atoms with Gasteiger partial charge in [0, 0.05) is 13.0 Å². The molecule has 0 saturated carbocycles. The summed E-state index contributed by atoms with van der Waals surface area (Å²) in [5, 5.41) is 3.02. The largest absolute Gasteiger partial charge is 0.469 e. The average molecular weight is 250 g/mol. The first-order valence-electron chi connectivity index (χ1n) is 6.77. The van der Waals surface area contributed by atoms with E-state index in [0.717, 1.165) is 44.5 Å². The quantitative estimate of drug-likeness (QED) is 0.811. The Hall–Kier alpha value is -1.29. The maximum Gasteiger partial charge on any atom is 0.237 e. The number of amides is 1. The number of nitrogens with one attached hydrogen (secondary N) is 1. The van der Waals surface area contributed by atoms with E-state index < -0.39 is 0 Å². The number of likely N-dealkylation sites (N-methyl/N-ethyl adjacent to an activating group) is 1. The molecule has 1 aliphatic rings. The van der Waals surface area contributed by atoms with Crippen molar-refractivity contribution in [2.45, 2.75) is 38.1 Å². The highest BCUT2D eigenvalue weighted by Gasteiger charge is 2.25. The standard InChI is InChI=1S/C14H22N2O2/c1-16-10-3-2-8-13(16)14(17)15-9-4-6-12-7-5-11-18-12/h5,7,11,13H,2-4,6,8-10H2,1H3,(H,15,17). The SMILES string of the molecule is CN1CCCCC1C(=O)NCCCc1ccco1. The number of furan rings is 1. The molecule has 1 saturated heterocycles. The molecule has 1 unspecified atom stereocenters. The lowest BCUT2D eigenvalue weighted by Crippen LogP contribution is -2.47. The van der Waals surface area contributed by atoms with Crippen LogP contribution in [0.4, 0.5) is 0 Å². The van der Waals surface area contributed by atoms with E-state index in [4.69, 9.17) is 4.42 Å². The fraction of sp³-hybridized carbons (Fsp3) is 0.643. The normalized spacial score (nSPS) is 20.8. The van der Waals surface area contributed by atoms with Crippen LogP contribution >= 0.6 is 0 Å². The highest BCUT2D eigenvalue weighted by molar-refractivity contribution is 5.81. The minimum Gasteiger partial charge on any atom is -0.469 e. The lowest BCUT2D eigenvalue weighted by atomic mass is 10.0. The van der Waals surface area contributed by atoms with Crippen molar-refractivity contribution in [2.75, 3.05) is 20.1 Å². The van der Waals surface area contributed by atoms with E-state index in [2.05, 4.69) is 10.2 Å². The van der Waals surface area contributed by atoms with Crippen LogP contribution in [-0.2, 0) is 11.2 Å². The van der Waals surface area contributed by atoms with Crippen LogP contribution < -0.4 is 5.32 Å². The van der Waals surface area contributed by atoms with Crippen molar-refractivity contribution >= 4 is 5.91 Å². The molecule has 1 fully saturated rings. The molecule has 18 heavy (non-hydrogen) atoms. The van der Waals surface area contributed by atoms with Crippen molar-refractivity contribution in [3.63, 3.8) is 0 Å². The summed E-state index contributed by atoms with van der Waals surface area (Å²) in [4.78, 5) is 14.2. The second-order valence-corrected chi connectivity index (χ2v) is 4.97. The van der Waals surface area contributed by atoms with Crippen molar-refractivity contribution in [1.29, 1.82) is 0 Å². The van der Waals surface area contributed by atoms with E-state index in [9.17, 15) is 4.79 Å². The smallest absolute Gasteiger partial charge is 0.237 e. The van der Waals surface area contributed by atoms with E-state index >= 15 is 0 Å². The maximum atomic E-state index is 12.0. The van der Waals surface area contributed by atoms with Crippen LogP contribution in [0, 0.1) is 0 Å². The molecule has 0 aromatic carbocycles. The first kappa shape index (κ1) is 13.1. The predicted octanol–water partition coefficient (Wildman–Crippen LogP) is 1.81. The van der Waals surface area contributed by atoms with Gasteiger partial charge in [0.15, 0.2) is 0 Å². The van der Waals surface area contributed by atoms with Gasteiger partial charge in [0.25, 0.3) is 0 Å². The van der Waals surface area contributed by atoms with Gasteiger partial charge in [-0.05, 0) is 45.0 Å². The molecule has 2 rings (SSSR count). The van der Waals surface area contributed by atoms with Crippen LogP contribution in [0.1, 0.15) is 31.4 Å². The Kier molecular flexibility index (Phi) is 4.81. The lowest BCUT2D eigenvalue weighted by Gasteiger charge is -2.31. The van der Waals surface area contributed by atoms with Crippen molar-refractivity contribution in [3.8, 4) is 0 Å². The molecule has 0 radical (unpaired) electrons. The number of hydrogen-bond donors (Lipinski definition) is 1. The van der Waals surface area contributed by atoms with Crippen LogP contribution in [0.3, 0.4) is 0 Å². The Labute approximate surface area is 108 Å². The van der Waals surface area contributed by atoms with Gasteiger partial charge >= 0.3 is 0 Å². The molecule has 2 heterocycles. The minimum atomic E-state index is 0.0716. The molecule has 4 nitrogen and oxygen atoms in total. The fourth-order valence-corrected chi connectivity index (χ4v) is 2.45. The molecular formula is C14H22N2O2. The van der Waals surface area contributed by atoms with Gasteiger partial charge in [-0.1, -0.05) is 6.42 Å². The third-order valence-electron chi connectivity index (χ3n) is 3.55. The van der Waals surface area contributed by atoms with Gasteiger partial charge in [-0.3, -0.25) is 9.69 Å². The predicted molar refractivity (Wildman–Crippen MR) is 70.3 cm³/mol. The van der Waals surface area contributed by atoms with Gasteiger partial charge in [-0.25, -0.2) is 0 Å². The van der Waals surface area contributed by atoms with Crippen molar-refractivity contribution < 1.29 is 9.21 Å². The number of aryl methyl sites for hydroxylation is 1. The summed E-state index contributed by atoms with van der Waals surface area (Å²) < 4.78 is 5.25. The molecule has 1 aromatic heterocycles. The van der Waals surface area contributed by atoms with Gasteiger partial charge in [0.05, 0.1) is 12.3 Å². The van der Waals surface area contributed by atoms with E-state index in [0.29, 0.717) is 0 Å². The zero-order valence-corrected chi connectivity index (χ0v) is 11.0. The first-order chi connectivity index (χ1) is 8.77. The Bertz CT molecular complexity index is 362. The van der Waals surface area contributed by atoms with Crippen LogP contribution in [-0.4, -0.2) is 37.0 Å². The molecular weight excluding hydrogens is 228 g/mol. The Morgan fingerprint density at radius 2 is 2.44 bits per heavy atom. The number of nitrogens with zero attached hydrogens (tertiary/aromatic N) is 1. The van der Waals surface area contributed by atoms with Gasteiger partial charge < -0.3 is 9.73 Å². The Balaban J connectivity index is 1.65. The van der Waals surface area contributed by atoms with Crippen molar-refractivity contribution in [3.05, 3.63) is 24.2 Å². The van der Waals surface area contributed by atoms with Crippen molar-refractivity contribution in [2.24, 2.45) is 0 Å². The summed E-state index contributed by atoms with van der Waals surface area (Å²) in [6.07, 6.45) is 6.85. The topological polar surface area (TPSA) is 45.5 Å². The van der Waals surface area contributed by atoms with Gasteiger partial charge in [0.2, 0.25) is 5.91 Å². The highest BCUT2D eigenvalue weighted by atomic mass is 16.3. The van der Waals surface area contributed by atoms with Crippen molar-refractivity contribution in [1.82, 2.24) is 10.2 Å². The second kappa shape index (κ2) is 6.59. The number of piperidine rings is 1. The van der Waals surface area contributed by atoms with Crippen LogP contribution in [0.2, 0.25) is 0 Å². The summed E-state index contributed by atoms with van der Waals surface area (Å²) in [6, 6.07) is 3.93. The third-order valence-corrected chi connectivity index (χ3v) is 3.55. The summed E-state index contributed by atoms with van der Waals surface area (Å²) >= 11 is 0. The molecule has 1 amide bonds. The molecule has 1 atom stereocenters. The average Bonchev–Trinajstić information content (AvgIpc) is 2.88. The first-order valence-corrected chi connectivity index (χ1v) is 6.77. The highest BCUT2D eigenvalue weighted by Crippen LogP contribution is 2.14. The number of rotatable bonds is 5. The molecule has 1 aliphatic heterocycles. The van der Waals surface area contributed by atoms with E-state index in [1.165, 1.54) is 6.42 Å². The van der Waals surface area contributed by atoms with Gasteiger partial charge in [-0.2, -0.15) is 0 Å². The monoisotopic (exact) mass is 250 g/mol. The summed E-state index contributed by atoms with van der Waals surface area (Å²) in [5.74, 6) is 1.16. The summed E-state index contributed by atoms with van der Waals surface area (Å²) in [7, 11) is 2.03. The van der Waals surface area contributed by atoms with Gasteiger partial charge in [-0.15, -0.1) is 0 Å². The molecule has 0 spiro atoms. The number of carbonyl (C=O) groups is 1. The van der Waals surface area contributed by atoms with E-state index in [1.807, 2.05) is 19.2 Å². The van der Waals surface area contributed by atoms with Crippen LogP contribution in [0.5, 0.6) is 0 Å². The molecule has 0 bridgehead atoms. The number of hydrogen-bond acceptors (Lipinski definition) is 3. The number of carbonyl (C=O) groups excluding carboxylic acids is 1. The minimum absolute atomic E-state index is 0.0716. The maximum absolute atomic E-state index is 12.0. The van der Waals surface area contributed by atoms with Crippen LogP contribution in [0.15, 0.2) is 22.8 Å². The van der Waals surface area contributed by atoms with E-state index in [-0.39, 0.29) is 11.9 Å². The van der Waals surface area contributed by atoms with Crippen LogP contribution in [0.25, 0.3) is 0 Å². The lowest BCUT2D eigenvalue weighted by molar-refractivity contribution is -0.127. The third kappa shape index (κ3) is 3.60. The van der Waals surface area contributed by atoms with Gasteiger partial charge in [0.1, 0.15) is 5.76 Å². The zero-order chi connectivity index (χ0) is 12.8. The molecule has 1 aromatic rings. The fourth-order valence-electron chi connectivity index (χ4n) is 2.45. The molecule has 4 heteroatoms. The van der Waals surface area contributed by atoms with E-state index in [1.54, 1.807) is 6.26 Å². The Morgan fingerprint density at radius 3 is 3.17 bits per heavy atom. The molecule has 100 valence electrons. The Morgan fingerprint density at radius 1 is 1.56 bits per heavy atom.